The second-order valence-electron chi connectivity index (χ2n) is 6.81. The van der Waals surface area contributed by atoms with Gasteiger partial charge in [0.1, 0.15) is 12.3 Å². The van der Waals surface area contributed by atoms with Gasteiger partial charge in [-0.2, -0.15) is 4.98 Å². The molecule has 1 N–H and O–H groups in total. The molecular weight excluding hydrogens is 420 g/mol. The Morgan fingerprint density at radius 2 is 1.94 bits per heavy atom. The van der Waals surface area contributed by atoms with Crippen molar-refractivity contribution in [2.24, 2.45) is 0 Å². The third-order valence-corrected chi connectivity index (χ3v) is 5.69. The summed E-state index contributed by atoms with van der Waals surface area (Å²) in [5.41, 5.74) is 2.21. The van der Waals surface area contributed by atoms with Gasteiger partial charge >= 0.3 is 0 Å². The van der Waals surface area contributed by atoms with Gasteiger partial charge < -0.3 is 14.6 Å². The largest absolute Gasteiger partial charge is 0.497 e. The molecule has 1 heterocycles. The van der Waals surface area contributed by atoms with Gasteiger partial charge in [-0.15, -0.1) is 0 Å². The minimum absolute atomic E-state index is 0.0256. The molecule has 0 aliphatic heterocycles. The van der Waals surface area contributed by atoms with Crippen LogP contribution in [0.3, 0.4) is 0 Å². The molecule has 0 saturated heterocycles. The van der Waals surface area contributed by atoms with Gasteiger partial charge in [-0.3, -0.25) is 9.10 Å². The van der Waals surface area contributed by atoms with E-state index in [0.717, 1.165) is 22.5 Å². The fourth-order valence-electron chi connectivity index (χ4n) is 2.86. The molecule has 1 amide bonds. The van der Waals surface area contributed by atoms with Crippen molar-refractivity contribution in [1.29, 1.82) is 0 Å². The van der Waals surface area contributed by atoms with E-state index in [1.54, 1.807) is 37.4 Å². The first-order valence-electron chi connectivity index (χ1n) is 9.60. The Hall–Kier alpha value is -3.40. The van der Waals surface area contributed by atoms with E-state index in [1.807, 2.05) is 25.1 Å². The quantitative estimate of drug-likeness (QED) is 0.539. The number of rotatable bonds is 9. The first-order valence-corrected chi connectivity index (χ1v) is 11.5. The Morgan fingerprint density at radius 3 is 2.58 bits per heavy atom. The average molecular weight is 445 g/mol. The van der Waals surface area contributed by atoms with E-state index in [-0.39, 0.29) is 19.0 Å². The lowest BCUT2D eigenvalue weighted by Crippen LogP contribution is -2.40. The van der Waals surface area contributed by atoms with Crippen molar-refractivity contribution in [1.82, 2.24) is 15.5 Å². The van der Waals surface area contributed by atoms with Crippen molar-refractivity contribution in [2.45, 2.75) is 19.9 Å². The van der Waals surface area contributed by atoms with Crippen molar-refractivity contribution >= 4 is 21.6 Å². The number of nitrogens with zero attached hydrogens (tertiary/aromatic N) is 3. The van der Waals surface area contributed by atoms with Crippen LogP contribution in [0.4, 0.5) is 5.69 Å². The number of aryl methyl sites for hydroxylation is 1. The average Bonchev–Trinajstić information content (AvgIpc) is 3.24. The monoisotopic (exact) mass is 444 g/mol. The number of hydrogen-bond acceptors (Lipinski definition) is 7. The normalized spacial score (nSPS) is 11.2. The van der Waals surface area contributed by atoms with E-state index in [0.29, 0.717) is 22.8 Å². The van der Waals surface area contributed by atoms with Crippen LogP contribution in [0.25, 0.3) is 11.4 Å². The number of ether oxygens (including phenoxy) is 1. The number of methoxy groups -OCH3 is 1. The molecule has 9 nitrogen and oxygen atoms in total. The predicted molar refractivity (Wildman–Crippen MR) is 116 cm³/mol. The van der Waals surface area contributed by atoms with Gasteiger partial charge in [0.05, 0.1) is 25.6 Å². The Labute approximate surface area is 181 Å². The summed E-state index contributed by atoms with van der Waals surface area (Å²) in [6.07, 6.45) is 1.90. The molecule has 0 saturated carbocycles. The zero-order valence-electron chi connectivity index (χ0n) is 17.5. The molecule has 1 aromatic heterocycles. The van der Waals surface area contributed by atoms with Crippen LogP contribution in [-0.4, -0.2) is 44.4 Å². The lowest BCUT2D eigenvalue weighted by Gasteiger charge is -2.22. The van der Waals surface area contributed by atoms with E-state index < -0.39 is 15.9 Å². The maximum Gasteiger partial charge on any atom is 0.246 e. The van der Waals surface area contributed by atoms with E-state index in [4.69, 9.17) is 9.26 Å². The summed E-state index contributed by atoms with van der Waals surface area (Å²) >= 11 is 0. The van der Waals surface area contributed by atoms with E-state index in [9.17, 15) is 13.2 Å². The molecule has 0 radical (unpaired) electrons. The number of anilines is 1. The Morgan fingerprint density at radius 1 is 1.19 bits per heavy atom. The molecule has 0 spiro atoms. The van der Waals surface area contributed by atoms with Gasteiger partial charge in [0.2, 0.25) is 27.6 Å². The number of amides is 1. The van der Waals surface area contributed by atoms with Crippen LogP contribution in [0.5, 0.6) is 5.75 Å². The molecule has 3 rings (SSSR count). The van der Waals surface area contributed by atoms with Crippen molar-refractivity contribution in [3.05, 3.63) is 60.0 Å². The molecule has 0 fully saturated rings. The van der Waals surface area contributed by atoms with Gasteiger partial charge in [-0.05, 0) is 36.2 Å². The third-order valence-electron chi connectivity index (χ3n) is 4.55. The van der Waals surface area contributed by atoms with Gasteiger partial charge in [0.25, 0.3) is 0 Å². The van der Waals surface area contributed by atoms with Crippen molar-refractivity contribution in [3.63, 3.8) is 0 Å². The predicted octanol–water partition coefficient (Wildman–Crippen LogP) is 2.39. The minimum Gasteiger partial charge on any atom is -0.497 e. The second-order valence-corrected chi connectivity index (χ2v) is 8.72. The summed E-state index contributed by atoms with van der Waals surface area (Å²) in [4.78, 5) is 16.7. The lowest BCUT2D eigenvalue weighted by molar-refractivity contribution is -0.119. The summed E-state index contributed by atoms with van der Waals surface area (Å²) in [6.45, 7) is 1.62. The first kappa shape index (κ1) is 22.3. The number of carbonyl (C=O) groups excluding carboxylic acids is 1. The summed E-state index contributed by atoms with van der Waals surface area (Å²) in [5, 5.41) is 6.52. The molecule has 0 aliphatic carbocycles. The number of hydrogen-bond donors (Lipinski definition) is 1. The molecule has 31 heavy (non-hydrogen) atoms. The highest BCUT2D eigenvalue weighted by atomic mass is 32.2. The number of sulfonamides is 1. The first-order chi connectivity index (χ1) is 14.8. The Kier molecular flexibility index (Phi) is 6.91. The summed E-state index contributed by atoms with van der Waals surface area (Å²) in [7, 11) is -2.08. The summed E-state index contributed by atoms with van der Waals surface area (Å²) in [6, 6.07) is 14.2. The minimum atomic E-state index is -3.64. The van der Waals surface area contributed by atoms with Gasteiger partial charge in [0, 0.05) is 5.56 Å². The maximum atomic E-state index is 12.4. The van der Waals surface area contributed by atoms with Crippen molar-refractivity contribution in [2.75, 3.05) is 24.2 Å². The third kappa shape index (κ3) is 5.82. The molecule has 164 valence electrons. The van der Waals surface area contributed by atoms with E-state index in [1.165, 1.54) is 0 Å². The standard InChI is InChI=1S/C21H24N4O5S/c1-4-15-8-10-17(11-9-15)25(31(3,27)28)14-19(26)22-13-20-23-21(24-30-20)16-6-5-7-18(12-16)29-2/h5-12H,4,13-14H2,1-3H3,(H,22,26). The number of benzene rings is 2. The summed E-state index contributed by atoms with van der Waals surface area (Å²) in [5.74, 6) is 0.720. The highest BCUT2D eigenvalue weighted by molar-refractivity contribution is 7.92. The topological polar surface area (TPSA) is 115 Å². The molecule has 0 atom stereocenters. The van der Waals surface area contributed by atoms with Crippen molar-refractivity contribution in [3.8, 4) is 17.1 Å². The van der Waals surface area contributed by atoms with Crippen LogP contribution in [0.2, 0.25) is 0 Å². The van der Waals surface area contributed by atoms with Crippen LogP contribution in [0.1, 0.15) is 18.4 Å². The highest BCUT2D eigenvalue weighted by Crippen LogP contribution is 2.21. The SMILES string of the molecule is CCc1ccc(N(CC(=O)NCc2nc(-c3cccc(OC)c3)no2)S(C)(=O)=O)cc1. The molecule has 2 aromatic carbocycles. The number of nitrogens with one attached hydrogen (secondary N) is 1. The van der Waals surface area contributed by atoms with Crippen LogP contribution in [0, 0.1) is 0 Å². The smallest absolute Gasteiger partial charge is 0.246 e. The van der Waals surface area contributed by atoms with Crippen LogP contribution < -0.4 is 14.4 Å². The molecule has 10 heteroatoms. The fourth-order valence-corrected chi connectivity index (χ4v) is 3.72. The van der Waals surface area contributed by atoms with E-state index >= 15 is 0 Å². The Bertz CT molecular complexity index is 1140. The van der Waals surface area contributed by atoms with Crippen LogP contribution in [-0.2, 0) is 27.8 Å². The molecule has 0 unspecified atom stereocenters. The van der Waals surface area contributed by atoms with E-state index in [2.05, 4.69) is 15.5 Å². The lowest BCUT2D eigenvalue weighted by atomic mass is 10.1. The molecule has 0 aliphatic rings. The fraction of sp³-hybridized carbons (Fsp3) is 0.286. The zero-order chi connectivity index (χ0) is 22.4. The maximum absolute atomic E-state index is 12.4. The number of carbonyl (C=O) groups is 1. The van der Waals surface area contributed by atoms with Crippen LogP contribution in [0.15, 0.2) is 53.1 Å². The Balaban J connectivity index is 1.64. The number of aromatic nitrogens is 2. The van der Waals surface area contributed by atoms with Gasteiger partial charge in [-0.25, -0.2) is 8.42 Å². The van der Waals surface area contributed by atoms with Crippen LogP contribution >= 0.6 is 0 Å². The molecular formula is C21H24N4O5S. The molecule has 3 aromatic rings. The van der Waals surface area contributed by atoms with Crippen molar-refractivity contribution < 1.29 is 22.5 Å². The highest BCUT2D eigenvalue weighted by Gasteiger charge is 2.21. The second kappa shape index (κ2) is 9.61. The zero-order valence-corrected chi connectivity index (χ0v) is 18.3. The van der Waals surface area contributed by atoms with Gasteiger partial charge in [-0.1, -0.05) is 36.3 Å². The van der Waals surface area contributed by atoms with Gasteiger partial charge in [0.15, 0.2) is 0 Å². The molecule has 0 bridgehead atoms. The summed E-state index contributed by atoms with van der Waals surface area (Å²) < 4.78 is 35.8.